The highest BCUT2D eigenvalue weighted by molar-refractivity contribution is 9.09. The van der Waals surface area contributed by atoms with E-state index in [1.807, 2.05) is 25.1 Å². The van der Waals surface area contributed by atoms with Gasteiger partial charge in [0.05, 0.1) is 0 Å². The summed E-state index contributed by atoms with van der Waals surface area (Å²) in [5, 5.41) is 0.862. The van der Waals surface area contributed by atoms with Crippen molar-refractivity contribution in [3.8, 4) is 5.75 Å². The van der Waals surface area contributed by atoms with Gasteiger partial charge in [0.2, 0.25) is 0 Å². The maximum absolute atomic E-state index is 5.60. The van der Waals surface area contributed by atoms with Crippen molar-refractivity contribution in [1.82, 2.24) is 0 Å². The maximum atomic E-state index is 5.60. The minimum Gasteiger partial charge on any atom is -0.490 e. The van der Waals surface area contributed by atoms with Crippen LogP contribution in [0.15, 0.2) is 24.3 Å². The molecule has 0 aliphatic heterocycles. The standard InChI is InChI=1S/C10H13BrO/c1-8-4-3-5-10(6-8)12-9(2)7-11/h3-6,9H,7H2,1-2H3. The quantitative estimate of drug-likeness (QED) is 0.723. The van der Waals surface area contributed by atoms with Crippen LogP contribution in [0.2, 0.25) is 0 Å². The summed E-state index contributed by atoms with van der Waals surface area (Å²) < 4.78 is 5.60. The van der Waals surface area contributed by atoms with Crippen LogP contribution in [-0.4, -0.2) is 11.4 Å². The molecule has 0 amide bonds. The van der Waals surface area contributed by atoms with Gasteiger partial charge in [-0.15, -0.1) is 0 Å². The van der Waals surface area contributed by atoms with Crippen molar-refractivity contribution < 1.29 is 4.74 Å². The van der Waals surface area contributed by atoms with Crippen molar-refractivity contribution in [2.24, 2.45) is 0 Å². The molecule has 0 fully saturated rings. The van der Waals surface area contributed by atoms with Gasteiger partial charge >= 0.3 is 0 Å². The van der Waals surface area contributed by atoms with Crippen molar-refractivity contribution in [1.29, 1.82) is 0 Å². The number of ether oxygens (including phenoxy) is 1. The van der Waals surface area contributed by atoms with Crippen LogP contribution in [0.4, 0.5) is 0 Å². The molecule has 0 saturated heterocycles. The van der Waals surface area contributed by atoms with E-state index in [4.69, 9.17) is 4.74 Å². The summed E-state index contributed by atoms with van der Waals surface area (Å²) in [6.07, 6.45) is 0.229. The third kappa shape index (κ3) is 2.86. The Bertz CT molecular complexity index is 247. The molecular formula is C10H13BrO. The fourth-order valence-corrected chi connectivity index (χ4v) is 1.08. The average Bonchev–Trinajstić information content (AvgIpc) is 2.04. The lowest BCUT2D eigenvalue weighted by Gasteiger charge is -2.11. The molecule has 0 heterocycles. The van der Waals surface area contributed by atoms with Gasteiger partial charge in [-0.25, -0.2) is 0 Å². The first-order valence-electron chi connectivity index (χ1n) is 4.01. The SMILES string of the molecule is Cc1cccc(OC(C)CBr)c1. The Morgan fingerprint density at radius 3 is 2.83 bits per heavy atom. The van der Waals surface area contributed by atoms with E-state index in [0.29, 0.717) is 0 Å². The minimum absolute atomic E-state index is 0.229. The molecule has 1 rings (SSSR count). The molecular weight excluding hydrogens is 216 g/mol. The molecule has 0 aliphatic carbocycles. The van der Waals surface area contributed by atoms with Gasteiger partial charge in [-0.3, -0.25) is 0 Å². The van der Waals surface area contributed by atoms with Crippen molar-refractivity contribution in [2.45, 2.75) is 20.0 Å². The van der Waals surface area contributed by atoms with Gasteiger partial charge in [-0.05, 0) is 31.5 Å². The lowest BCUT2D eigenvalue weighted by Crippen LogP contribution is -2.12. The number of alkyl halides is 1. The van der Waals surface area contributed by atoms with E-state index in [1.165, 1.54) is 5.56 Å². The summed E-state index contributed by atoms with van der Waals surface area (Å²) in [7, 11) is 0. The first kappa shape index (κ1) is 9.59. The zero-order valence-corrected chi connectivity index (χ0v) is 8.97. The van der Waals surface area contributed by atoms with E-state index in [0.717, 1.165) is 11.1 Å². The van der Waals surface area contributed by atoms with Gasteiger partial charge in [0.15, 0.2) is 0 Å². The first-order valence-corrected chi connectivity index (χ1v) is 5.14. The summed E-state index contributed by atoms with van der Waals surface area (Å²) in [4.78, 5) is 0. The molecule has 1 aromatic rings. The number of hydrogen-bond donors (Lipinski definition) is 0. The van der Waals surface area contributed by atoms with Gasteiger partial charge in [0.1, 0.15) is 11.9 Å². The lowest BCUT2D eigenvalue weighted by molar-refractivity contribution is 0.248. The fraction of sp³-hybridized carbons (Fsp3) is 0.400. The molecule has 1 nitrogen and oxygen atoms in total. The monoisotopic (exact) mass is 228 g/mol. The smallest absolute Gasteiger partial charge is 0.120 e. The van der Waals surface area contributed by atoms with Crippen LogP contribution >= 0.6 is 15.9 Å². The van der Waals surface area contributed by atoms with Gasteiger partial charge in [-0.2, -0.15) is 0 Å². The Hall–Kier alpha value is -0.500. The zero-order chi connectivity index (χ0) is 8.97. The van der Waals surface area contributed by atoms with Crippen molar-refractivity contribution >= 4 is 15.9 Å². The molecule has 0 bridgehead atoms. The average molecular weight is 229 g/mol. The first-order chi connectivity index (χ1) is 5.72. The Kier molecular flexibility index (Phi) is 3.60. The van der Waals surface area contributed by atoms with Crippen LogP contribution in [0.25, 0.3) is 0 Å². The molecule has 1 unspecified atom stereocenters. The minimum atomic E-state index is 0.229. The van der Waals surface area contributed by atoms with Crippen LogP contribution in [0, 0.1) is 6.92 Å². The molecule has 0 saturated carbocycles. The van der Waals surface area contributed by atoms with E-state index in [9.17, 15) is 0 Å². The van der Waals surface area contributed by atoms with Gasteiger partial charge in [0.25, 0.3) is 0 Å². The highest BCUT2D eigenvalue weighted by Gasteiger charge is 2.00. The summed E-state index contributed by atoms with van der Waals surface area (Å²) in [6, 6.07) is 8.09. The molecule has 0 spiro atoms. The zero-order valence-electron chi connectivity index (χ0n) is 7.38. The summed E-state index contributed by atoms with van der Waals surface area (Å²) >= 11 is 3.37. The molecule has 0 N–H and O–H groups in total. The van der Waals surface area contributed by atoms with Crippen LogP contribution in [0.1, 0.15) is 12.5 Å². The Morgan fingerprint density at radius 1 is 1.50 bits per heavy atom. The summed E-state index contributed by atoms with van der Waals surface area (Å²) in [5.41, 5.74) is 1.23. The highest BCUT2D eigenvalue weighted by Crippen LogP contribution is 2.14. The second-order valence-corrected chi connectivity index (χ2v) is 3.55. The molecule has 66 valence electrons. The van der Waals surface area contributed by atoms with Gasteiger partial charge in [-0.1, -0.05) is 28.1 Å². The number of benzene rings is 1. The normalized spacial score (nSPS) is 12.6. The van der Waals surface area contributed by atoms with E-state index >= 15 is 0 Å². The second kappa shape index (κ2) is 4.51. The summed E-state index contributed by atoms with van der Waals surface area (Å²) in [6.45, 7) is 4.10. The van der Waals surface area contributed by atoms with Crippen LogP contribution in [-0.2, 0) is 0 Å². The number of halogens is 1. The molecule has 0 aliphatic rings. The molecule has 2 heteroatoms. The number of aryl methyl sites for hydroxylation is 1. The van der Waals surface area contributed by atoms with Crippen LogP contribution in [0.5, 0.6) is 5.75 Å². The van der Waals surface area contributed by atoms with Crippen LogP contribution < -0.4 is 4.74 Å². The van der Waals surface area contributed by atoms with Crippen molar-refractivity contribution in [2.75, 3.05) is 5.33 Å². The lowest BCUT2D eigenvalue weighted by atomic mass is 10.2. The third-order valence-electron chi connectivity index (χ3n) is 1.54. The van der Waals surface area contributed by atoms with Gasteiger partial charge in [0, 0.05) is 5.33 Å². The van der Waals surface area contributed by atoms with Crippen LogP contribution in [0.3, 0.4) is 0 Å². The van der Waals surface area contributed by atoms with E-state index in [2.05, 4.69) is 28.9 Å². The predicted molar refractivity (Wildman–Crippen MR) is 55.1 cm³/mol. The van der Waals surface area contributed by atoms with E-state index in [1.54, 1.807) is 0 Å². The van der Waals surface area contributed by atoms with E-state index < -0.39 is 0 Å². The summed E-state index contributed by atoms with van der Waals surface area (Å²) in [5.74, 6) is 0.946. The molecule has 12 heavy (non-hydrogen) atoms. The number of hydrogen-bond acceptors (Lipinski definition) is 1. The maximum Gasteiger partial charge on any atom is 0.120 e. The Labute approximate surface area is 81.9 Å². The highest BCUT2D eigenvalue weighted by atomic mass is 79.9. The predicted octanol–water partition coefficient (Wildman–Crippen LogP) is 3.16. The Morgan fingerprint density at radius 2 is 2.25 bits per heavy atom. The second-order valence-electron chi connectivity index (χ2n) is 2.90. The van der Waals surface area contributed by atoms with Crippen molar-refractivity contribution in [3.05, 3.63) is 29.8 Å². The number of rotatable bonds is 3. The molecule has 0 aromatic heterocycles. The largest absolute Gasteiger partial charge is 0.490 e. The van der Waals surface area contributed by atoms with Crippen molar-refractivity contribution in [3.63, 3.8) is 0 Å². The third-order valence-corrected chi connectivity index (χ3v) is 2.46. The Balaban J connectivity index is 2.63. The molecule has 0 radical (unpaired) electrons. The topological polar surface area (TPSA) is 9.23 Å². The van der Waals surface area contributed by atoms with E-state index in [-0.39, 0.29) is 6.10 Å². The fourth-order valence-electron chi connectivity index (χ4n) is 0.952. The molecule has 1 aromatic carbocycles. The van der Waals surface area contributed by atoms with Gasteiger partial charge < -0.3 is 4.74 Å². The molecule has 1 atom stereocenters.